The van der Waals surface area contributed by atoms with Gasteiger partial charge in [-0.05, 0) is 238 Å². The summed E-state index contributed by atoms with van der Waals surface area (Å²) in [5.41, 5.74) is 9.45. The van der Waals surface area contributed by atoms with E-state index in [1.807, 2.05) is 255 Å². The molecule has 0 aliphatic rings. The second-order valence-corrected chi connectivity index (χ2v) is 30.7. The molecule has 120 heavy (non-hydrogen) atoms. The maximum Gasteiger partial charge on any atom is 2.00 e. The van der Waals surface area contributed by atoms with Crippen LogP contribution in [0.4, 0.5) is 0 Å². The summed E-state index contributed by atoms with van der Waals surface area (Å²) in [7, 11) is 4.09. The van der Waals surface area contributed by atoms with Crippen molar-refractivity contribution in [2.45, 2.75) is 19.4 Å². The number of pyridine rings is 3. The molecule has 0 aliphatic heterocycles. The van der Waals surface area contributed by atoms with E-state index in [0.29, 0.717) is 44.2 Å². The molecule has 12 aromatic carbocycles. The van der Waals surface area contributed by atoms with Gasteiger partial charge in [0.05, 0.1) is 49.0 Å². The molecule has 0 aliphatic carbocycles. The first-order valence-electron chi connectivity index (χ1n) is 35.8. The fourth-order valence-electron chi connectivity index (χ4n) is 11.4. The Morgan fingerprint density at radius 3 is 1.15 bits per heavy atom. The average Bonchev–Trinajstić information content (AvgIpc) is 0.763. The Labute approximate surface area is 763 Å². The standard InChI is InChI=1S/C18H17NO2.C17H13NO3.C16H11BrO2.C15H10BrNO.C15H9BrO2.C8H5Br.C8H7IO2.CH3.ClH.Mg/c1-18(2,21)14-9-7-12(8-10-14)16-11-13-5-3-4-6-15(13)17(20)19-16;1-21-17(20)12-8-6-11(7-9-12)15-10-13-4-2-3-5-14(13)16(19)18-15;1-19-16(18)15-5-3-2-4-13(15)9-6-12-7-10-14(17)11-8-12;16-12-7-5-10(6-8-12)14-9-11-3-1-2-4-13(11)15(18)17-14;16-12-7-5-10(6-8-12)14-9-11-3-1-2-4-13(11)15(17)18-14;1-2-7-3-5-8(9)6-4-7;1-11-8(10)6-4-2-3-5-7(6)9;;;/h3-11,21H,1-2H3,(H,19,20);2-10H,1H3,(H,18,19);2-5,7-8,10-11H,1H3;1-9H,(H,17,18);1-9H;1,3-6H;2-5H,1H3;1H3;1H;/q;;;;;;;-1;;+2/p-1. The van der Waals surface area contributed by atoms with E-state index in [1.54, 1.807) is 74.5 Å². The zero-order chi connectivity index (χ0) is 83.5. The van der Waals surface area contributed by atoms with Crippen molar-refractivity contribution in [2.24, 2.45) is 0 Å². The number of benzene rings is 12. The Bertz CT molecular complexity index is 6430. The normalized spacial score (nSPS) is 10.1. The van der Waals surface area contributed by atoms with E-state index in [0.717, 1.165) is 104 Å². The number of methoxy groups -OCH3 is 3. The maximum atomic E-state index is 12.1. The minimum absolute atomic E-state index is 0. The summed E-state index contributed by atoms with van der Waals surface area (Å²) in [5, 5.41) is 16.3. The molecule has 16 rings (SSSR count). The molecule has 0 amide bonds. The number of aliphatic hydroxyl groups is 1. The second-order valence-electron chi connectivity index (χ2n) is 25.9. The summed E-state index contributed by atoms with van der Waals surface area (Å²) in [6, 6.07) is 97.5. The van der Waals surface area contributed by atoms with E-state index >= 15 is 0 Å². The van der Waals surface area contributed by atoms with Crippen molar-refractivity contribution in [2.75, 3.05) is 21.3 Å². The number of fused-ring (bicyclic) bond motifs is 4. The Morgan fingerprint density at radius 2 is 0.742 bits per heavy atom. The van der Waals surface area contributed by atoms with Gasteiger partial charge >= 0.3 is 46.6 Å². The fourth-order valence-corrected chi connectivity index (χ4v) is 13.1. The Kier molecular flexibility index (Phi) is 37.4. The zero-order valence-electron chi connectivity index (χ0n) is 65.5. The summed E-state index contributed by atoms with van der Waals surface area (Å²) in [6.07, 6.45) is 5.13. The van der Waals surface area contributed by atoms with E-state index in [9.17, 15) is 38.7 Å². The van der Waals surface area contributed by atoms with E-state index < -0.39 is 5.60 Å². The number of halogens is 6. The summed E-state index contributed by atoms with van der Waals surface area (Å²) < 4.78 is 24.3. The molecule has 0 spiro atoms. The maximum absolute atomic E-state index is 12.1. The molecule has 0 atom stereocenters. The van der Waals surface area contributed by atoms with Crippen molar-refractivity contribution in [1.82, 2.24) is 15.0 Å². The molecule has 0 saturated heterocycles. The number of esters is 3. The van der Waals surface area contributed by atoms with Crippen LogP contribution in [-0.2, 0) is 19.8 Å². The monoisotopic (exact) mass is 1990 g/mol. The first kappa shape index (κ1) is 95.8. The number of nitrogens with one attached hydrogen (secondary N) is 3. The largest absolute Gasteiger partial charge is 2.00 e. The number of hydrogen-bond acceptors (Lipinski definition) is 12. The van der Waals surface area contributed by atoms with Gasteiger partial charge in [-0.25, -0.2) is 19.2 Å². The smallest absolute Gasteiger partial charge is 1.00 e. The molecule has 0 radical (unpaired) electrons. The third-order valence-electron chi connectivity index (χ3n) is 17.5. The van der Waals surface area contributed by atoms with Crippen molar-refractivity contribution < 1.29 is 50.5 Å². The number of rotatable bonds is 8. The molecule has 4 heterocycles. The summed E-state index contributed by atoms with van der Waals surface area (Å²) in [6.45, 7) is 3.50. The van der Waals surface area contributed by atoms with Crippen LogP contribution < -0.4 is 34.7 Å². The number of terminal acetylenes is 1. The fraction of sp³-hybridized carbons (Fsp3) is 0.0612. The van der Waals surface area contributed by atoms with Crippen molar-refractivity contribution in [3.05, 3.63) is 425 Å². The number of aromatic nitrogens is 3. The molecule has 15 nitrogen and oxygen atoms in total. The van der Waals surface area contributed by atoms with Gasteiger partial charge in [-0.2, -0.15) is 0 Å². The van der Waals surface area contributed by atoms with Crippen molar-refractivity contribution in [3.8, 4) is 69.3 Å². The molecule has 0 saturated carbocycles. The molecular weight excluding hydrogens is 1920 g/mol. The van der Waals surface area contributed by atoms with Crippen LogP contribution in [0.5, 0.6) is 0 Å². The summed E-state index contributed by atoms with van der Waals surface area (Å²) in [4.78, 5) is 90.7. The van der Waals surface area contributed by atoms with Crippen LogP contribution in [0.2, 0.25) is 0 Å². The summed E-state index contributed by atoms with van der Waals surface area (Å²) >= 11 is 15.6. The van der Waals surface area contributed by atoms with Gasteiger partial charge in [-0.15, -0.1) is 6.42 Å². The minimum Gasteiger partial charge on any atom is -1.00 e. The van der Waals surface area contributed by atoms with Crippen molar-refractivity contribution >= 4 is 170 Å². The quantitative estimate of drug-likeness (QED) is 0.0278. The van der Waals surface area contributed by atoms with Gasteiger partial charge in [0.1, 0.15) is 5.76 Å². The van der Waals surface area contributed by atoms with Gasteiger partial charge < -0.3 is 58.5 Å². The first-order valence-corrected chi connectivity index (χ1v) is 40.1. The van der Waals surface area contributed by atoms with Crippen LogP contribution in [0.3, 0.4) is 0 Å². The Hall–Kier alpha value is -11.3. The predicted octanol–water partition coefficient (Wildman–Crippen LogP) is 19.8. The van der Waals surface area contributed by atoms with Gasteiger partial charge in [0.15, 0.2) is 0 Å². The van der Waals surface area contributed by atoms with Gasteiger partial charge in [0.25, 0.3) is 16.7 Å². The zero-order valence-corrected chi connectivity index (χ0v) is 76.2. The summed E-state index contributed by atoms with van der Waals surface area (Å²) in [5.74, 6) is 8.11. The van der Waals surface area contributed by atoms with Crippen LogP contribution >= 0.6 is 86.3 Å². The minimum atomic E-state index is -0.866. The second kappa shape index (κ2) is 46.9. The first-order chi connectivity index (χ1) is 56.4. The SMILES string of the molecule is C#Cc1ccc(Br)cc1.CC(C)(O)c1ccc(-c2cc3ccccc3c(=O)[nH]2)cc1.COC(=O)c1ccc(-c2cc3ccccc3c(=O)[nH]2)cc1.COC(=O)c1ccccc1C#Cc1ccc(Br)cc1.COC(=O)c1ccccc1I.O=c1[nH]c(-c2ccc(Br)cc2)cc2ccccc12.O=c1oc(-c2ccc(Br)cc2)cc2ccccc12.[CH3-].[Cl-].[Mg+2]. The number of H-pyrrole nitrogens is 3. The molecule has 4 aromatic heterocycles. The number of carbonyl (C=O) groups excluding carboxylic acids is 3. The van der Waals surface area contributed by atoms with Crippen LogP contribution in [-0.4, -0.2) is 82.3 Å². The van der Waals surface area contributed by atoms with Crippen LogP contribution in [0.25, 0.3) is 88.2 Å². The molecular formula is C98H75Br4ClIMgN3O12. The number of ether oxygens (including phenoxy) is 3. The average molecular weight is 1990 g/mol. The Morgan fingerprint density at radius 1 is 0.408 bits per heavy atom. The Balaban J connectivity index is 0.000000195. The van der Waals surface area contributed by atoms with Gasteiger partial charge in [0, 0.05) is 77.0 Å². The molecule has 0 bridgehead atoms. The van der Waals surface area contributed by atoms with Crippen LogP contribution in [0.1, 0.15) is 67.2 Å². The van der Waals surface area contributed by atoms with E-state index in [4.69, 9.17) is 15.6 Å². The number of aromatic amines is 3. The van der Waals surface area contributed by atoms with Crippen molar-refractivity contribution in [3.63, 3.8) is 0 Å². The third kappa shape index (κ3) is 27.1. The van der Waals surface area contributed by atoms with Crippen molar-refractivity contribution in [1.29, 1.82) is 0 Å². The molecule has 0 fully saturated rings. The van der Waals surface area contributed by atoms with Gasteiger partial charge in [-0.1, -0.05) is 239 Å². The van der Waals surface area contributed by atoms with E-state index in [-0.39, 0.29) is 83.1 Å². The van der Waals surface area contributed by atoms with Gasteiger partial charge in [-0.3, -0.25) is 14.4 Å². The third-order valence-corrected chi connectivity index (χ3v) is 20.6. The van der Waals surface area contributed by atoms with Gasteiger partial charge in [0.2, 0.25) is 0 Å². The molecule has 0 unspecified atom stereocenters. The topological polar surface area (TPSA) is 228 Å². The molecule has 598 valence electrons. The predicted molar refractivity (Wildman–Crippen MR) is 503 cm³/mol. The van der Waals surface area contributed by atoms with Crippen LogP contribution in [0.15, 0.2) is 357 Å². The number of carbonyl (C=O) groups is 3. The molecule has 22 heteroatoms. The number of hydrogen-bond donors (Lipinski definition) is 4. The molecule has 16 aromatic rings. The van der Waals surface area contributed by atoms with E-state index in [2.05, 4.69) is 128 Å². The molecule has 4 N–H and O–H groups in total. The van der Waals surface area contributed by atoms with Crippen LogP contribution in [0, 0.1) is 35.2 Å². The van der Waals surface area contributed by atoms with E-state index in [1.165, 1.54) is 21.3 Å².